The molecule has 0 bridgehead atoms. The minimum atomic E-state index is -1.40. The van der Waals surface area contributed by atoms with Crippen molar-refractivity contribution in [2.45, 2.75) is 26.4 Å². The number of aliphatic carboxylic acids is 1. The summed E-state index contributed by atoms with van der Waals surface area (Å²) in [7, 11) is 0. The molecule has 9 heteroatoms. The molecule has 0 saturated heterocycles. The molecule has 3 N–H and O–H groups in total. The van der Waals surface area contributed by atoms with Crippen molar-refractivity contribution in [3.05, 3.63) is 11.1 Å². The molecule has 0 aromatic carbocycles. The fraction of sp³-hybridized carbons (Fsp3) is 0.455. The van der Waals surface area contributed by atoms with E-state index in [0.717, 1.165) is 11.3 Å². The fourth-order valence-electron chi connectivity index (χ4n) is 1.09. The molecular formula is C11H15N3O5S. The van der Waals surface area contributed by atoms with Crippen LogP contribution in [0.2, 0.25) is 0 Å². The Hall–Kier alpha value is -2.16. The summed E-state index contributed by atoms with van der Waals surface area (Å²) < 4.78 is 4.80. The number of nitrogens with two attached hydrogens (primary N) is 1. The third-order valence-corrected chi connectivity index (χ3v) is 2.77. The molecule has 0 amide bonds. The number of carboxylic acids is 1. The van der Waals surface area contributed by atoms with Gasteiger partial charge in [0.15, 0.2) is 5.13 Å². The molecule has 0 radical (unpaired) electrons. The summed E-state index contributed by atoms with van der Waals surface area (Å²) >= 11 is 1.07. The molecule has 110 valence electrons. The number of ether oxygens (including phenoxy) is 1. The third-order valence-electron chi connectivity index (χ3n) is 2.10. The molecule has 0 aliphatic heterocycles. The van der Waals surface area contributed by atoms with Crippen molar-refractivity contribution < 1.29 is 24.3 Å². The van der Waals surface area contributed by atoms with Crippen molar-refractivity contribution in [1.82, 2.24) is 4.98 Å². The van der Waals surface area contributed by atoms with E-state index in [1.165, 1.54) is 19.2 Å². The largest absolute Gasteiger partial charge is 0.476 e. The van der Waals surface area contributed by atoms with Crippen molar-refractivity contribution >= 4 is 34.1 Å². The Morgan fingerprint density at radius 3 is 2.65 bits per heavy atom. The number of oxime groups is 1. The number of hydrogen-bond acceptors (Lipinski definition) is 8. The smallest absolute Gasteiger partial charge is 0.360 e. The highest BCUT2D eigenvalue weighted by molar-refractivity contribution is 7.13. The number of esters is 1. The van der Waals surface area contributed by atoms with Gasteiger partial charge in [-0.1, -0.05) is 5.16 Å². The lowest BCUT2D eigenvalue weighted by Gasteiger charge is -2.19. The lowest BCUT2D eigenvalue weighted by atomic mass is 10.1. The van der Waals surface area contributed by atoms with Gasteiger partial charge < -0.3 is 20.4 Å². The molecule has 0 atom stereocenters. The minimum absolute atomic E-state index is 0.0691. The van der Waals surface area contributed by atoms with E-state index in [1.807, 2.05) is 0 Å². The molecular weight excluding hydrogens is 286 g/mol. The Kier molecular flexibility index (Phi) is 5.03. The van der Waals surface area contributed by atoms with Crippen LogP contribution < -0.4 is 5.73 Å². The quantitative estimate of drug-likeness (QED) is 0.454. The van der Waals surface area contributed by atoms with Crippen LogP contribution in [0, 0.1) is 0 Å². The number of thiazole rings is 1. The molecule has 1 aromatic rings. The van der Waals surface area contributed by atoms with Crippen molar-refractivity contribution in [3.63, 3.8) is 0 Å². The van der Waals surface area contributed by atoms with Gasteiger partial charge in [-0.05, 0) is 20.8 Å². The standard InChI is InChI=1S/C11H15N3O5S/c1-4-18-9(17)11(2,3)19-14-7(8(15)16)6-5-20-10(12)13-6/h5H,4H2,1-3H3,(H2,12,13)(H,15,16)/b14-7-. The summed E-state index contributed by atoms with van der Waals surface area (Å²) in [6.07, 6.45) is 0. The molecule has 0 spiro atoms. The predicted octanol–water partition coefficient (Wildman–Crippen LogP) is 0.872. The highest BCUT2D eigenvalue weighted by Crippen LogP contribution is 2.16. The first-order valence-corrected chi connectivity index (χ1v) is 6.54. The fourth-order valence-corrected chi connectivity index (χ4v) is 1.64. The van der Waals surface area contributed by atoms with Crippen molar-refractivity contribution in [2.24, 2.45) is 5.16 Å². The summed E-state index contributed by atoms with van der Waals surface area (Å²) in [4.78, 5) is 31.5. The van der Waals surface area contributed by atoms with Crippen molar-refractivity contribution in [1.29, 1.82) is 0 Å². The maximum absolute atomic E-state index is 11.6. The maximum Gasteiger partial charge on any atom is 0.360 e. The van der Waals surface area contributed by atoms with Crippen LogP contribution in [-0.2, 0) is 19.2 Å². The second-order valence-electron chi connectivity index (χ2n) is 4.14. The molecule has 20 heavy (non-hydrogen) atoms. The normalized spacial score (nSPS) is 12.1. The highest BCUT2D eigenvalue weighted by atomic mass is 32.1. The number of carbonyl (C=O) groups is 2. The van der Waals surface area contributed by atoms with Crippen molar-refractivity contribution in [3.8, 4) is 0 Å². The van der Waals surface area contributed by atoms with Gasteiger partial charge in [0.05, 0.1) is 6.61 Å². The molecule has 1 heterocycles. The van der Waals surface area contributed by atoms with Crippen LogP contribution in [0.3, 0.4) is 0 Å². The predicted molar refractivity (Wildman–Crippen MR) is 72.5 cm³/mol. The van der Waals surface area contributed by atoms with Crippen LogP contribution in [0.1, 0.15) is 26.5 Å². The maximum atomic E-state index is 11.6. The lowest BCUT2D eigenvalue weighted by Crippen LogP contribution is -2.36. The monoisotopic (exact) mass is 301 g/mol. The van der Waals surface area contributed by atoms with Gasteiger partial charge in [0.25, 0.3) is 0 Å². The van der Waals surface area contributed by atoms with E-state index >= 15 is 0 Å². The molecule has 8 nitrogen and oxygen atoms in total. The van der Waals surface area contributed by atoms with E-state index in [1.54, 1.807) is 6.92 Å². The van der Waals surface area contributed by atoms with Gasteiger partial charge in [-0.2, -0.15) is 0 Å². The number of nitrogen functional groups attached to an aromatic ring is 1. The third kappa shape index (κ3) is 3.92. The number of anilines is 1. The molecule has 0 unspecified atom stereocenters. The van der Waals surface area contributed by atoms with Crippen LogP contribution in [-0.4, -0.2) is 39.9 Å². The zero-order valence-corrected chi connectivity index (χ0v) is 12.1. The van der Waals surface area contributed by atoms with Gasteiger partial charge in [-0.3, -0.25) is 0 Å². The molecule has 0 saturated carbocycles. The van der Waals surface area contributed by atoms with E-state index < -0.39 is 23.3 Å². The average Bonchev–Trinajstić information content (AvgIpc) is 2.75. The lowest BCUT2D eigenvalue weighted by molar-refractivity contribution is -0.167. The van der Waals surface area contributed by atoms with Crippen LogP contribution in [0.15, 0.2) is 10.5 Å². The second-order valence-corrected chi connectivity index (χ2v) is 5.03. The first-order valence-electron chi connectivity index (χ1n) is 5.66. The molecule has 0 aliphatic rings. The first-order chi connectivity index (χ1) is 9.27. The summed E-state index contributed by atoms with van der Waals surface area (Å²) in [6.45, 7) is 4.68. The Bertz CT molecular complexity index is 538. The van der Waals surface area contributed by atoms with Crippen molar-refractivity contribution in [2.75, 3.05) is 12.3 Å². The summed E-state index contributed by atoms with van der Waals surface area (Å²) in [5, 5.41) is 14.2. The van der Waals surface area contributed by atoms with E-state index in [9.17, 15) is 9.59 Å². The SMILES string of the molecule is CCOC(=O)C(C)(C)O/N=C(\C(=O)O)c1csc(N)n1. The Balaban J connectivity index is 2.94. The molecule has 1 aromatic heterocycles. The number of carboxylic acid groups (broad SMARTS) is 1. The minimum Gasteiger partial charge on any atom is -0.476 e. The zero-order valence-electron chi connectivity index (χ0n) is 11.2. The van der Waals surface area contributed by atoms with Crippen LogP contribution in [0.25, 0.3) is 0 Å². The highest BCUT2D eigenvalue weighted by Gasteiger charge is 2.33. The molecule has 0 fully saturated rings. The number of hydrogen-bond donors (Lipinski definition) is 2. The molecule has 1 rings (SSSR count). The Labute approximate surface area is 119 Å². The topological polar surface area (TPSA) is 124 Å². The van der Waals surface area contributed by atoms with Crippen LogP contribution in [0.5, 0.6) is 0 Å². The van der Waals surface area contributed by atoms with E-state index in [4.69, 9.17) is 20.4 Å². The number of carbonyl (C=O) groups excluding carboxylic acids is 1. The first kappa shape index (κ1) is 15.9. The average molecular weight is 301 g/mol. The summed E-state index contributed by atoms with van der Waals surface area (Å²) in [5.41, 5.74) is 3.66. The van der Waals surface area contributed by atoms with E-state index in [2.05, 4.69) is 10.1 Å². The summed E-state index contributed by atoms with van der Waals surface area (Å²) in [5.74, 6) is -1.98. The van der Waals surface area contributed by atoms with E-state index in [0.29, 0.717) is 0 Å². The number of aromatic nitrogens is 1. The van der Waals surface area contributed by atoms with E-state index in [-0.39, 0.29) is 17.4 Å². The number of rotatable bonds is 6. The second kappa shape index (κ2) is 6.33. The molecule has 0 aliphatic carbocycles. The van der Waals surface area contributed by atoms with Gasteiger partial charge >= 0.3 is 11.9 Å². The Morgan fingerprint density at radius 1 is 1.55 bits per heavy atom. The Morgan fingerprint density at radius 2 is 2.20 bits per heavy atom. The van der Waals surface area contributed by atoms with Crippen LogP contribution >= 0.6 is 11.3 Å². The van der Waals surface area contributed by atoms with Gasteiger partial charge in [-0.15, -0.1) is 11.3 Å². The van der Waals surface area contributed by atoms with Gasteiger partial charge in [0.1, 0.15) is 5.69 Å². The summed E-state index contributed by atoms with van der Waals surface area (Å²) in [6, 6.07) is 0. The van der Waals surface area contributed by atoms with Gasteiger partial charge in [0.2, 0.25) is 11.3 Å². The van der Waals surface area contributed by atoms with Gasteiger partial charge in [0, 0.05) is 5.38 Å². The number of nitrogens with zero attached hydrogens (tertiary/aromatic N) is 2. The zero-order chi connectivity index (χ0) is 15.3. The van der Waals surface area contributed by atoms with Gasteiger partial charge in [-0.25, -0.2) is 14.6 Å². The van der Waals surface area contributed by atoms with Crippen LogP contribution in [0.4, 0.5) is 5.13 Å².